The van der Waals surface area contributed by atoms with Gasteiger partial charge in [-0.05, 0) is 52.4 Å². The molecule has 0 radical (unpaired) electrons. The summed E-state index contributed by atoms with van der Waals surface area (Å²) >= 11 is 0. The van der Waals surface area contributed by atoms with E-state index in [0.29, 0.717) is 12.8 Å². The van der Waals surface area contributed by atoms with Crippen LogP contribution in [0.4, 0.5) is 4.79 Å². The summed E-state index contributed by atoms with van der Waals surface area (Å²) in [7, 11) is 0. The van der Waals surface area contributed by atoms with E-state index in [2.05, 4.69) is 19.1 Å². The van der Waals surface area contributed by atoms with Crippen LogP contribution in [0.3, 0.4) is 0 Å². The van der Waals surface area contributed by atoms with E-state index in [1.165, 1.54) is 51.4 Å². The number of hydrogen-bond acceptors (Lipinski definition) is 3. The van der Waals surface area contributed by atoms with Gasteiger partial charge in [0.05, 0.1) is 11.6 Å². The lowest BCUT2D eigenvalue weighted by molar-refractivity contribution is -0.136. The molecule has 0 aliphatic carbocycles. The first kappa shape index (κ1) is 29.6. The Bertz CT molecular complexity index is 503. The Morgan fingerprint density at radius 1 is 0.839 bits per heavy atom. The van der Waals surface area contributed by atoms with E-state index < -0.39 is 17.7 Å². The van der Waals surface area contributed by atoms with Gasteiger partial charge in [-0.1, -0.05) is 83.8 Å². The number of amides is 3. The zero-order chi connectivity index (χ0) is 23.5. The molecule has 0 saturated carbocycles. The smallest absolute Gasteiger partial charge is 0.322 e. The first-order valence-corrected chi connectivity index (χ1v) is 12.7. The number of allylic oxidation sites excluding steroid dienone is 2. The molecular weight excluding hydrogens is 388 g/mol. The minimum Gasteiger partial charge on any atom is -0.391 e. The Morgan fingerprint density at radius 3 is 1.81 bits per heavy atom. The Kier molecular flexibility index (Phi) is 17.4. The highest BCUT2D eigenvalue weighted by molar-refractivity contribution is 5.94. The summed E-state index contributed by atoms with van der Waals surface area (Å²) < 4.78 is 0. The minimum atomic E-state index is -0.985. The quantitative estimate of drug-likeness (QED) is 0.170. The molecule has 0 saturated heterocycles. The van der Waals surface area contributed by atoms with Gasteiger partial charge in [0.2, 0.25) is 5.91 Å². The van der Waals surface area contributed by atoms with Crippen molar-refractivity contribution in [3.05, 3.63) is 12.2 Å². The van der Waals surface area contributed by atoms with Gasteiger partial charge in [0.1, 0.15) is 0 Å². The molecule has 0 spiro atoms. The minimum absolute atomic E-state index is 0.287. The van der Waals surface area contributed by atoms with Gasteiger partial charge < -0.3 is 10.8 Å². The maximum atomic E-state index is 12.6. The second kappa shape index (κ2) is 18.2. The summed E-state index contributed by atoms with van der Waals surface area (Å²) in [6, 6.07) is -0.780. The summed E-state index contributed by atoms with van der Waals surface area (Å²) in [6.45, 7) is 7.62. The molecule has 0 rings (SSSR count). The average Bonchev–Trinajstić information content (AvgIpc) is 2.70. The van der Waals surface area contributed by atoms with E-state index in [1.54, 1.807) is 13.8 Å². The van der Waals surface area contributed by atoms with E-state index in [-0.39, 0.29) is 5.91 Å². The van der Waals surface area contributed by atoms with Crippen molar-refractivity contribution in [2.75, 3.05) is 0 Å². The van der Waals surface area contributed by atoms with Crippen molar-refractivity contribution in [1.29, 1.82) is 0 Å². The molecule has 5 heteroatoms. The van der Waals surface area contributed by atoms with Crippen molar-refractivity contribution in [2.24, 2.45) is 5.73 Å². The number of rotatable bonds is 19. The highest BCUT2D eigenvalue weighted by Crippen LogP contribution is 2.24. The molecule has 5 nitrogen and oxygen atoms in total. The second-order valence-corrected chi connectivity index (χ2v) is 9.36. The first-order chi connectivity index (χ1) is 14.8. The first-order valence-electron chi connectivity index (χ1n) is 12.7. The van der Waals surface area contributed by atoms with E-state index in [0.717, 1.165) is 43.4 Å². The summed E-state index contributed by atoms with van der Waals surface area (Å²) in [5, 5.41) is 10.3. The third kappa shape index (κ3) is 13.6. The molecule has 31 heavy (non-hydrogen) atoms. The topological polar surface area (TPSA) is 83.6 Å². The van der Waals surface area contributed by atoms with E-state index in [4.69, 9.17) is 5.73 Å². The number of unbranched alkanes of at least 4 members (excludes halogenated alkanes) is 11. The number of nitrogens with two attached hydrogens (primary N) is 1. The molecule has 1 atom stereocenters. The molecule has 0 aromatic heterocycles. The van der Waals surface area contributed by atoms with Crippen LogP contribution in [0.15, 0.2) is 12.2 Å². The number of carbonyl (C=O) groups is 2. The lowest BCUT2D eigenvalue weighted by atomic mass is 9.91. The number of nitrogens with zero attached hydrogens (tertiary/aromatic N) is 1. The van der Waals surface area contributed by atoms with E-state index >= 15 is 0 Å². The summed E-state index contributed by atoms with van der Waals surface area (Å²) in [5.74, 6) is -0.287. The van der Waals surface area contributed by atoms with Crippen molar-refractivity contribution in [2.45, 2.75) is 142 Å². The fraction of sp³-hybridized carbons (Fsp3) is 0.846. The highest BCUT2D eigenvalue weighted by atomic mass is 16.3. The third-order valence-corrected chi connectivity index (χ3v) is 6.08. The molecule has 182 valence electrons. The summed E-state index contributed by atoms with van der Waals surface area (Å²) in [6.07, 6.45) is 21.0. The van der Waals surface area contributed by atoms with Crippen molar-refractivity contribution in [3.8, 4) is 0 Å². The Balaban J connectivity index is 3.93. The third-order valence-electron chi connectivity index (χ3n) is 6.08. The van der Waals surface area contributed by atoms with Gasteiger partial charge in [-0.15, -0.1) is 0 Å². The maximum Gasteiger partial charge on any atom is 0.322 e. The Morgan fingerprint density at radius 2 is 1.32 bits per heavy atom. The summed E-state index contributed by atoms with van der Waals surface area (Å²) in [4.78, 5) is 25.5. The molecule has 0 fully saturated rings. The molecular formula is C26H50N2O3. The molecule has 0 bridgehead atoms. The predicted molar refractivity (Wildman–Crippen MR) is 131 cm³/mol. The molecule has 0 aliphatic rings. The van der Waals surface area contributed by atoms with E-state index in [9.17, 15) is 14.7 Å². The van der Waals surface area contributed by atoms with Crippen LogP contribution in [-0.2, 0) is 4.79 Å². The Hall–Kier alpha value is -1.36. The lowest BCUT2D eigenvalue weighted by Crippen LogP contribution is -2.59. The fourth-order valence-electron chi connectivity index (χ4n) is 3.96. The van der Waals surface area contributed by atoms with Gasteiger partial charge >= 0.3 is 6.03 Å². The molecule has 0 heterocycles. The zero-order valence-corrected chi connectivity index (χ0v) is 20.8. The van der Waals surface area contributed by atoms with Gasteiger partial charge in [0, 0.05) is 6.42 Å². The van der Waals surface area contributed by atoms with Crippen LogP contribution in [0.25, 0.3) is 0 Å². The van der Waals surface area contributed by atoms with Crippen LogP contribution >= 0.6 is 0 Å². The van der Waals surface area contributed by atoms with Crippen LogP contribution < -0.4 is 5.73 Å². The van der Waals surface area contributed by atoms with E-state index in [1.807, 2.05) is 6.92 Å². The van der Waals surface area contributed by atoms with Crippen LogP contribution in [0, 0.1) is 0 Å². The number of primary amides is 1. The normalized spacial score (nSPS) is 12.9. The largest absolute Gasteiger partial charge is 0.391 e. The summed E-state index contributed by atoms with van der Waals surface area (Å²) in [5.41, 5.74) is 4.48. The van der Waals surface area contributed by atoms with Gasteiger partial charge in [-0.3, -0.25) is 9.69 Å². The number of carbonyl (C=O) groups excluding carboxylic acids is 2. The highest BCUT2D eigenvalue weighted by Gasteiger charge is 2.39. The standard InChI is InChI=1S/C26H50N2O3/c1-5-7-8-9-10-11-12-13-14-15-16-17-18-19-20-22-24(30)28(25(27)31)26(3,4)23(29)21-6-2/h13-14,23,29H,5-12,15-22H2,1-4H3,(H2,27,31)/b14-13-. The van der Waals surface area contributed by atoms with Gasteiger partial charge in [-0.25, -0.2) is 4.79 Å². The SMILES string of the molecule is CCCCCCCC/C=C\CCCCCCCC(=O)N(C(N)=O)C(C)(C)C(O)CCC. The molecule has 0 aromatic rings. The number of aliphatic hydroxyl groups excluding tert-OH is 1. The number of hydrogen-bond donors (Lipinski definition) is 2. The van der Waals surface area contributed by atoms with Gasteiger partial charge in [0.25, 0.3) is 0 Å². The van der Waals surface area contributed by atoms with Crippen LogP contribution in [-0.4, -0.2) is 33.6 Å². The maximum absolute atomic E-state index is 12.6. The fourth-order valence-corrected chi connectivity index (χ4v) is 3.96. The van der Waals surface area contributed by atoms with Gasteiger partial charge in [0.15, 0.2) is 0 Å². The van der Waals surface area contributed by atoms with Crippen LogP contribution in [0.1, 0.15) is 130 Å². The molecule has 1 unspecified atom stereocenters. The van der Waals surface area contributed by atoms with Crippen molar-refractivity contribution < 1.29 is 14.7 Å². The van der Waals surface area contributed by atoms with Crippen molar-refractivity contribution in [3.63, 3.8) is 0 Å². The Labute approximate surface area is 191 Å². The number of urea groups is 1. The lowest BCUT2D eigenvalue weighted by Gasteiger charge is -2.39. The van der Waals surface area contributed by atoms with Gasteiger partial charge in [-0.2, -0.15) is 0 Å². The molecule has 0 aliphatic heterocycles. The molecule has 3 amide bonds. The average molecular weight is 439 g/mol. The van der Waals surface area contributed by atoms with Crippen LogP contribution in [0.5, 0.6) is 0 Å². The number of imide groups is 1. The second-order valence-electron chi connectivity index (χ2n) is 9.36. The monoisotopic (exact) mass is 438 g/mol. The van der Waals surface area contributed by atoms with Crippen LogP contribution in [0.2, 0.25) is 0 Å². The molecule has 0 aromatic carbocycles. The zero-order valence-electron chi connectivity index (χ0n) is 20.8. The van der Waals surface area contributed by atoms with Crippen molar-refractivity contribution in [1.82, 2.24) is 4.90 Å². The number of aliphatic hydroxyl groups is 1. The molecule has 3 N–H and O–H groups in total. The predicted octanol–water partition coefficient (Wildman–Crippen LogP) is 6.87. The van der Waals surface area contributed by atoms with Crippen molar-refractivity contribution >= 4 is 11.9 Å².